The lowest BCUT2D eigenvalue weighted by Crippen LogP contribution is -2.22. The molecule has 2 aromatic carbocycles. The van der Waals surface area contributed by atoms with Gasteiger partial charge in [0, 0.05) is 29.5 Å². The molecule has 33 heavy (non-hydrogen) atoms. The maximum atomic E-state index is 13.6. The van der Waals surface area contributed by atoms with Gasteiger partial charge in [0.25, 0.3) is 5.56 Å². The van der Waals surface area contributed by atoms with Crippen LogP contribution in [0.3, 0.4) is 0 Å². The number of hydrogen-bond donors (Lipinski definition) is 0. The summed E-state index contributed by atoms with van der Waals surface area (Å²) in [6, 6.07) is 14.2. The average molecular weight is 436 g/mol. The number of benzene rings is 2. The van der Waals surface area contributed by atoms with Crippen LogP contribution in [-0.2, 0) is 0 Å². The van der Waals surface area contributed by atoms with Gasteiger partial charge in [0.2, 0.25) is 5.95 Å². The second kappa shape index (κ2) is 7.81. The highest BCUT2D eigenvalue weighted by Gasteiger charge is 2.17. The minimum absolute atomic E-state index is 0.200. The van der Waals surface area contributed by atoms with E-state index in [0.29, 0.717) is 11.5 Å². The van der Waals surface area contributed by atoms with E-state index in [1.54, 1.807) is 23.3 Å². The highest BCUT2D eigenvalue weighted by molar-refractivity contribution is 5.83. The third-order valence-electron chi connectivity index (χ3n) is 6.27. The first-order chi connectivity index (χ1) is 15.8. The van der Waals surface area contributed by atoms with Crippen LogP contribution in [-0.4, -0.2) is 24.3 Å². The van der Waals surface area contributed by atoms with E-state index in [-0.39, 0.29) is 5.56 Å². The second-order valence-corrected chi connectivity index (χ2v) is 8.56. The van der Waals surface area contributed by atoms with Crippen LogP contribution in [0.15, 0.2) is 65.8 Å². The summed E-state index contributed by atoms with van der Waals surface area (Å²) in [7, 11) is 0. The van der Waals surface area contributed by atoms with E-state index in [0.717, 1.165) is 44.6 Å². The average Bonchev–Trinajstić information content (AvgIpc) is 3.14. The molecule has 0 aliphatic carbocycles. The van der Waals surface area contributed by atoms with Crippen molar-refractivity contribution in [2.24, 2.45) is 0 Å². The number of aryl methyl sites for hydroxylation is 5. The molecular weight excluding hydrogens is 410 g/mol. The number of rotatable bonds is 3. The number of nitrogens with zero attached hydrogens (tertiary/aromatic N) is 5. The Labute approximate surface area is 192 Å². The third kappa shape index (κ3) is 3.44. The molecule has 0 amide bonds. The molecule has 0 atom stereocenters. The molecule has 0 spiro atoms. The smallest absolute Gasteiger partial charge is 0.266 e. The van der Waals surface area contributed by atoms with Crippen LogP contribution >= 0.6 is 0 Å². The standard InChI is InChI=1S/C27H25N5O/c1-16-8-6-7-9-22(16)21-14-28-27(29-15-21)31-11-10-23-20(5)30-32(25(23)26(31)33)24-13-18(3)17(2)12-19(24)4/h6-15H,1-5H3. The van der Waals surface area contributed by atoms with Crippen LogP contribution in [0, 0.1) is 34.6 Å². The van der Waals surface area contributed by atoms with Crippen LogP contribution in [0.4, 0.5) is 0 Å². The Morgan fingerprint density at radius 3 is 2.21 bits per heavy atom. The lowest BCUT2D eigenvalue weighted by molar-refractivity contribution is 0.852. The highest BCUT2D eigenvalue weighted by Crippen LogP contribution is 2.25. The molecule has 0 radical (unpaired) electrons. The van der Waals surface area contributed by atoms with E-state index in [2.05, 4.69) is 48.9 Å². The van der Waals surface area contributed by atoms with Gasteiger partial charge in [-0.1, -0.05) is 30.3 Å². The zero-order valence-corrected chi connectivity index (χ0v) is 19.4. The number of aromatic nitrogens is 5. The molecule has 3 heterocycles. The van der Waals surface area contributed by atoms with Gasteiger partial charge in [-0.2, -0.15) is 5.10 Å². The van der Waals surface area contributed by atoms with E-state index >= 15 is 0 Å². The summed E-state index contributed by atoms with van der Waals surface area (Å²) >= 11 is 0. The van der Waals surface area contributed by atoms with Crippen molar-refractivity contribution >= 4 is 10.9 Å². The van der Waals surface area contributed by atoms with E-state index < -0.39 is 0 Å². The van der Waals surface area contributed by atoms with Crippen molar-refractivity contribution in [2.75, 3.05) is 0 Å². The van der Waals surface area contributed by atoms with E-state index in [9.17, 15) is 4.79 Å². The largest absolute Gasteiger partial charge is 0.284 e. The Balaban J connectivity index is 1.67. The number of pyridine rings is 1. The Hall–Kier alpha value is -4.06. The molecule has 0 aliphatic rings. The Kier molecular flexibility index (Phi) is 4.93. The lowest BCUT2D eigenvalue weighted by Gasteiger charge is -2.11. The quantitative estimate of drug-likeness (QED) is 0.392. The van der Waals surface area contributed by atoms with Crippen molar-refractivity contribution in [2.45, 2.75) is 34.6 Å². The molecule has 0 N–H and O–H groups in total. The molecule has 0 aliphatic heterocycles. The molecule has 6 heteroatoms. The lowest BCUT2D eigenvalue weighted by atomic mass is 10.0. The predicted octanol–water partition coefficient (Wildman–Crippen LogP) is 5.18. The molecule has 3 aromatic heterocycles. The van der Waals surface area contributed by atoms with Gasteiger partial charge in [-0.3, -0.25) is 9.36 Å². The van der Waals surface area contributed by atoms with E-state index in [1.807, 2.05) is 38.1 Å². The Morgan fingerprint density at radius 1 is 0.788 bits per heavy atom. The molecule has 0 saturated carbocycles. The fraction of sp³-hybridized carbons (Fsp3) is 0.185. The number of fused-ring (bicyclic) bond motifs is 1. The van der Waals surface area contributed by atoms with Crippen LogP contribution in [0.25, 0.3) is 33.7 Å². The molecule has 0 bridgehead atoms. The summed E-state index contributed by atoms with van der Waals surface area (Å²) in [6.45, 7) is 10.2. The summed E-state index contributed by atoms with van der Waals surface area (Å²) in [6.07, 6.45) is 5.24. The molecule has 0 unspecified atom stereocenters. The van der Waals surface area contributed by atoms with Gasteiger partial charge in [0.15, 0.2) is 0 Å². The van der Waals surface area contributed by atoms with Crippen molar-refractivity contribution in [1.82, 2.24) is 24.3 Å². The van der Waals surface area contributed by atoms with Crippen LogP contribution in [0.1, 0.15) is 27.9 Å². The minimum atomic E-state index is -0.200. The van der Waals surface area contributed by atoms with Gasteiger partial charge in [0.1, 0.15) is 5.52 Å². The molecule has 5 rings (SSSR count). The molecular formula is C27H25N5O. The predicted molar refractivity (Wildman–Crippen MR) is 131 cm³/mol. The van der Waals surface area contributed by atoms with Crippen LogP contribution in [0.2, 0.25) is 0 Å². The SMILES string of the molecule is Cc1cc(C)c(-n2nc(C)c3ccn(-c4ncc(-c5ccccc5C)cn4)c(=O)c32)cc1C. The molecule has 6 nitrogen and oxygen atoms in total. The van der Waals surface area contributed by atoms with E-state index in [1.165, 1.54) is 10.1 Å². The van der Waals surface area contributed by atoms with Gasteiger partial charge in [-0.15, -0.1) is 0 Å². The van der Waals surface area contributed by atoms with Crippen LogP contribution < -0.4 is 5.56 Å². The maximum absolute atomic E-state index is 13.6. The van der Waals surface area contributed by atoms with Crippen LogP contribution in [0.5, 0.6) is 0 Å². The monoisotopic (exact) mass is 435 g/mol. The second-order valence-electron chi connectivity index (χ2n) is 8.56. The fourth-order valence-corrected chi connectivity index (χ4v) is 4.26. The molecule has 0 saturated heterocycles. The maximum Gasteiger partial charge on any atom is 0.284 e. The summed E-state index contributed by atoms with van der Waals surface area (Å²) in [4.78, 5) is 22.6. The Bertz CT molecular complexity index is 1580. The van der Waals surface area contributed by atoms with Crippen molar-refractivity contribution in [1.29, 1.82) is 0 Å². The summed E-state index contributed by atoms with van der Waals surface area (Å²) in [5.74, 6) is 0.335. The summed E-state index contributed by atoms with van der Waals surface area (Å²) < 4.78 is 3.24. The first kappa shape index (κ1) is 20.8. The Morgan fingerprint density at radius 2 is 1.48 bits per heavy atom. The zero-order valence-electron chi connectivity index (χ0n) is 19.4. The summed E-state index contributed by atoms with van der Waals surface area (Å²) in [5.41, 5.74) is 8.61. The molecule has 5 aromatic rings. The van der Waals surface area contributed by atoms with Crippen molar-refractivity contribution in [3.63, 3.8) is 0 Å². The van der Waals surface area contributed by atoms with Gasteiger partial charge in [-0.05, 0) is 74.6 Å². The topological polar surface area (TPSA) is 65.6 Å². The van der Waals surface area contributed by atoms with Gasteiger partial charge in [0.05, 0.1) is 11.4 Å². The molecule has 0 fully saturated rings. The first-order valence-electron chi connectivity index (χ1n) is 10.9. The highest BCUT2D eigenvalue weighted by atomic mass is 16.1. The van der Waals surface area contributed by atoms with Gasteiger partial charge in [-0.25, -0.2) is 14.6 Å². The molecule has 164 valence electrons. The zero-order chi connectivity index (χ0) is 23.3. The van der Waals surface area contributed by atoms with Crippen molar-refractivity contribution < 1.29 is 0 Å². The summed E-state index contributed by atoms with van der Waals surface area (Å²) in [5, 5.41) is 5.54. The number of hydrogen-bond acceptors (Lipinski definition) is 4. The van der Waals surface area contributed by atoms with Crippen molar-refractivity contribution in [3.8, 4) is 22.8 Å². The van der Waals surface area contributed by atoms with Gasteiger partial charge >= 0.3 is 0 Å². The third-order valence-corrected chi connectivity index (χ3v) is 6.27. The van der Waals surface area contributed by atoms with Gasteiger partial charge < -0.3 is 0 Å². The first-order valence-corrected chi connectivity index (χ1v) is 10.9. The van der Waals surface area contributed by atoms with Crippen molar-refractivity contribution in [3.05, 3.63) is 99.4 Å². The van der Waals surface area contributed by atoms with E-state index in [4.69, 9.17) is 5.10 Å². The fourth-order valence-electron chi connectivity index (χ4n) is 4.26. The normalized spacial score (nSPS) is 11.3. The minimum Gasteiger partial charge on any atom is -0.266 e.